The first-order valence-corrected chi connectivity index (χ1v) is 9.38. The number of nitrogens with zero attached hydrogens (tertiary/aromatic N) is 4. The van der Waals surface area contributed by atoms with Crippen molar-refractivity contribution < 1.29 is 4.79 Å². The number of amides is 1. The Morgan fingerprint density at radius 3 is 2.22 bits per heavy atom. The van der Waals surface area contributed by atoms with Crippen LogP contribution >= 0.6 is 11.8 Å². The molecule has 27 heavy (non-hydrogen) atoms. The number of thioether (sulfide) groups is 1. The van der Waals surface area contributed by atoms with E-state index in [-0.39, 0.29) is 5.91 Å². The molecule has 0 spiro atoms. The fourth-order valence-electron chi connectivity index (χ4n) is 2.51. The summed E-state index contributed by atoms with van der Waals surface area (Å²) in [4.78, 5) is 19.6. The average Bonchev–Trinajstić information content (AvgIpc) is 2.97. The highest BCUT2D eigenvalue weighted by molar-refractivity contribution is 8.18. The van der Waals surface area contributed by atoms with E-state index in [9.17, 15) is 4.79 Å². The third-order valence-corrected chi connectivity index (χ3v) is 5.13. The number of hydrogen-bond donors (Lipinski definition) is 0. The van der Waals surface area contributed by atoms with Gasteiger partial charge in [0.2, 0.25) is 0 Å². The van der Waals surface area contributed by atoms with Crippen LogP contribution in [0.2, 0.25) is 0 Å². The minimum absolute atomic E-state index is 0.166. The molecule has 0 aromatic heterocycles. The maximum absolute atomic E-state index is 12.8. The van der Waals surface area contributed by atoms with Crippen LogP contribution in [0.4, 0.5) is 5.69 Å². The van der Waals surface area contributed by atoms with E-state index in [1.165, 1.54) is 22.3 Å². The van der Waals surface area contributed by atoms with Crippen LogP contribution in [-0.4, -0.2) is 43.4 Å². The summed E-state index contributed by atoms with van der Waals surface area (Å²) in [7, 11) is 5.66. The first kappa shape index (κ1) is 18.9. The second-order valence-electron chi connectivity index (χ2n) is 6.37. The van der Waals surface area contributed by atoms with Crippen molar-refractivity contribution in [2.24, 2.45) is 10.1 Å². The summed E-state index contributed by atoms with van der Waals surface area (Å²) >= 11 is 1.33. The van der Waals surface area contributed by atoms with Crippen LogP contribution < -0.4 is 4.90 Å². The molecular formula is C21H22N4OS. The predicted octanol–water partition coefficient (Wildman–Crippen LogP) is 4.00. The number of aliphatic imine (C=N–C) groups is 1. The van der Waals surface area contributed by atoms with E-state index in [2.05, 4.69) is 10.1 Å². The zero-order chi connectivity index (χ0) is 19.4. The number of aryl methyl sites for hydroxylation is 1. The van der Waals surface area contributed by atoms with Crippen molar-refractivity contribution in [2.45, 2.75) is 6.92 Å². The number of carbonyl (C=O) groups excluding carboxylic acids is 1. The molecule has 0 atom stereocenters. The van der Waals surface area contributed by atoms with Gasteiger partial charge >= 0.3 is 0 Å². The summed E-state index contributed by atoms with van der Waals surface area (Å²) in [6.45, 7) is 2.03. The molecule has 5 nitrogen and oxygen atoms in total. The van der Waals surface area contributed by atoms with Crippen LogP contribution in [0.15, 0.2) is 63.5 Å². The molecule has 1 heterocycles. The fraction of sp³-hybridized carbons (Fsp3) is 0.190. The molecule has 0 saturated carbocycles. The van der Waals surface area contributed by atoms with Crippen LogP contribution in [0.1, 0.15) is 16.7 Å². The molecule has 138 valence electrons. The minimum Gasteiger partial charge on any atom is -0.378 e. The highest BCUT2D eigenvalue weighted by Crippen LogP contribution is 2.32. The van der Waals surface area contributed by atoms with Crippen molar-refractivity contribution in [1.82, 2.24) is 5.01 Å². The van der Waals surface area contributed by atoms with Gasteiger partial charge in [-0.3, -0.25) is 9.79 Å². The van der Waals surface area contributed by atoms with Gasteiger partial charge in [0.05, 0.1) is 11.1 Å². The largest absolute Gasteiger partial charge is 0.378 e. The van der Waals surface area contributed by atoms with E-state index < -0.39 is 0 Å². The van der Waals surface area contributed by atoms with Gasteiger partial charge in [0.1, 0.15) is 0 Å². The topological polar surface area (TPSA) is 48.3 Å². The summed E-state index contributed by atoms with van der Waals surface area (Å²) in [5.74, 6) is -0.166. The second-order valence-corrected chi connectivity index (χ2v) is 7.38. The lowest BCUT2D eigenvalue weighted by Crippen LogP contribution is -2.23. The number of benzene rings is 2. The van der Waals surface area contributed by atoms with Gasteiger partial charge in [-0.15, -0.1) is 0 Å². The molecule has 2 aromatic rings. The number of rotatable bonds is 4. The molecule has 0 aliphatic carbocycles. The van der Waals surface area contributed by atoms with Crippen LogP contribution in [0, 0.1) is 6.92 Å². The van der Waals surface area contributed by atoms with E-state index in [1.807, 2.05) is 80.5 Å². The Morgan fingerprint density at radius 2 is 1.63 bits per heavy atom. The van der Waals surface area contributed by atoms with Crippen molar-refractivity contribution in [3.8, 4) is 0 Å². The normalized spacial score (nSPS) is 17.5. The molecule has 0 radical (unpaired) electrons. The zero-order valence-corrected chi connectivity index (χ0v) is 16.7. The molecule has 3 rings (SSSR count). The highest BCUT2D eigenvalue weighted by atomic mass is 32.2. The molecule has 0 unspecified atom stereocenters. The van der Waals surface area contributed by atoms with E-state index in [0.29, 0.717) is 10.1 Å². The summed E-state index contributed by atoms with van der Waals surface area (Å²) in [5, 5.41) is 6.27. The molecule has 6 heteroatoms. The van der Waals surface area contributed by atoms with Gasteiger partial charge in [0.25, 0.3) is 5.91 Å². The lowest BCUT2D eigenvalue weighted by molar-refractivity contribution is -0.122. The summed E-state index contributed by atoms with van der Waals surface area (Å²) in [6, 6.07) is 16.0. The Morgan fingerprint density at radius 1 is 1.00 bits per heavy atom. The van der Waals surface area contributed by atoms with Crippen LogP contribution in [-0.2, 0) is 4.79 Å². The van der Waals surface area contributed by atoms with Gasteiger partial charge in [0.15, 0.2) is 5.17 Å². The van der Waals surface area contributed by atoms with Crippen LogP contribution in [0.3, 0.4) is 0 Å². The summed E-state index contributed by atoms with van der Waals surface area (Å²) < 4.78 is 0. The Labute approximate surface area is 164 Å². The molecular weight excluding hydrogens is 356 g/mol. The Balaban J connectivity index is 1.81. The Bertz CT molecular complexity index is 912. The quantitative estimate of drug-likeness (QED) is 0.597. The smallest absolute Gasteiger partial charge is 0.287 e. The standard InChI is InChI=1S/C21H22N4OS/c1-15-5-7-17(8-6-15)14-23-25-20(26)19(27-21(25)22-2)13-16-9-11-18(12-10-16)24(3)4/h5-14H,1-4H3/b19-13-,22-21?,23-14+. The Hall–Kier alpha value is -2.86. The lowest BCUT2D eigenvalue weighted by atomic mass is 10.2. The second kappa shape index (κ2) is 8.22. The maximum atomic E-state index is 12.8. The monoisotopic (exact) mass is 378 g/mol. The predicted molar refractivity (Wildman–Crippen MR) is 115 cm³/mol. The van der Waals surface area contributed by atoms with E-state index in [0.717, 1.165) is 16.8 Å². The molecule has 0 bridgehead atoms. The number of hydrazone groups is 1. The molecule has 1 fully saturated rings. The molecule has 0 N–H and O–H groups in total. The molecule has 1 amide bonds. The van der Waals surface area contributed by atoms with Crippen molar-refractivity contribution in [3.05, 3.63) is 70.1 Å². The highest BCUT2D eigenvalue weighted by Gasteiger charge is 2.33. The fourth-order valence-corrected chi connectivity index (χ4v) is 3.38. The van der Waals surface area contributed by atoms with Crippen LogP contribution in [0.5, 0.6) is 0 Å². The maximum Gasteiger partial charge on any atom is 0.287 e. The van der Waals surface area contributed by atoms with Gasteiger partial charge in [-0.25, -0.2) is 0 Å². The third kappa shape index (κ3) is 4.46. The number of anilines is 1. The van der Waals surface area contributed by atoms with Gasteiger partial charge in [-0.1, -0.05) is 42.0 Å². The SMILES string of the molecule is CN=C1S/C(=C\c2ccc(N(C)C)cc2)C(=O)N1/N=C/c1ccc(C)cc1. The van der Waals surface area contributed by atoms with Crippen molar-refractivity contribution >= 4 is 40.8 Å². The average molecular weight is 379 g/mol. The molecule has 1 saturated heterocycles. The van der Waals surface area contributed by atoms with Gasteiger partial charge in [0, 0.05) is 26.8 Å². The third-order valence-electron chi connectivity index (χ3n) is 4.08. The molecule has 2 aromatic carbocycles. The minimum atomic E-state index is -0.166. The molecule has 1 aliphatic heterocycles. The van der Waals surface area contributed by atoms with E-state index >= 15 is 0 Å². The Kier molecular flexibility index (Phi) is 5.76. The first-order chi connectivity index (χ1) is 13.0. The number of hydrogen-bond acceptors (Lipinski definition) is 5. The van der Waals surface area contributed by atoms with Crippen molar-refractivity contribution in [1.29, 1.82) is 0 Å². The lowest BCUT2D eigenvalue weighted by Gasteiger charge is -2.11. The van der Waals surface area contributed by atoms with Crippen LogP contribution in [0.25, 0.3) is 6.08 Å². The number of amidine groups is 1. The van der Waals surface area contributed by atoms with E-state index in [1.54, 1.807) is 13.3 Å². The first-order valence-electron chi connectivity index (χ1n) is 8.57. The zero-order valence-electron chi connectivity index (χ0n) is 15.9. The number of carbonyl (C=O) groups is 1. The van der Waals surface area contributed by atoms with Crippen molar-refractivity contribution in [3.63, 3.8) is 0 Å². The van der Waals surface area contributed by atoms with Gasteiger partial charge in [-0.05, 0) is 48.0 Å². The summed E-state index contributed by atoms with van der Waals surface area (Å²) in [5.41, 5.74) is 4.20. The molecule has 1 aliphatic rings. The van der Waals surface area contributed by atoms with Gasteiger partial charge in [-0.2, -0.15) is 10.1 Å². The van der Waals surface area contributed by atoms with E-state index in [4.69, 9.17) is 0 Å². The summed E-state index contributed by atoms with van der Waals surface area (Å²) in [6.07, 6.45) is 3.55. The van der Waals surface area contributed by atoms with Gasteiger partial charge < -0.3 is 4.90 Å². The van der Waals surface area contributed by atoms with Crippen molar-refractivity contribution in [2.75, 3.05) is 26.0 Å².